The molecule has 0 aliphatic carbocycles. The number of rotatable bonds is 8. The highest BCUT2D eigenvalue weighted by Crippen LogP contribution is 2.38. The van der Waals surface area contributed by atoms with Crippen molar-refractivity contribution >= 4 is 23.3 Å². The summed E-state index contributed by atoms with van der Waals surface area (Å²) in [6.07, 6.45) is 1.92. The number of nitriles is 1. The molecule has 4 aromatic rings. The molecule has 170 valence electrons. The van der Waals surface area contributed by atoms with E-state index in [1.54, 1.807) is 14.2 Å². The lowest BCUT2D eigenvalue weighted by Gasteiger charge is -2.26. The molecule has 0 N–H and O–H groups in total. The van der Waals surface area contributed by atoms with Crippen molar-refractivity contribution in [1.82, 2.24) is 9.97 Å². The van der Waals surface area contributed by atoms with E-state index in [1.165, 1.54) is 11.8 Å². The predicted molar refractivity (Wildman–Crippen MR) is 136 cm³/mol. The van der Waals surface area contributed by atoms with Gasteiger partial charge in [-0.25, -0.2) is 9.97 Å². The summed E-state index contributed by atoms with van der Waals surface area (Å²) >= 11 is 1.43. The third-order valence-electron chi connectivity index (χ3n) is 5.33. The molecule has 7 heteroatoms. The molecule has 1 heterocycles. The Balaban J connectivity index is 1.93. The zero-order valence-electron chi connectivity index (χ0n) is 19.2. The third-order valence-corrected chi connectivity index (χ3v) is 5.88. The van der Waals surface area contributed by atoms with Crippen molar-refractivity contribution in [1.29, 1.82) is 5.26 Å². The molecule has 0 fully saturated rings. The van der Waals surface area contributed by atoms with Gasteiger partial charge in [-0.1, -0.05) is 60.3 Å². The lowest BCUT2D eigenvalue weighted by Crippen LogP contribution is -2.20. The second-order valence-electron chi connectivity index (χ2n) is 7.35. The minimum absolute atomic E-state index is 0.393. The van der Waals surface area contributed by atoms with Crippen molar-refractivity contribution in [3.05, 3.63) is 90.0 Å². The van der Waals surface area contributed by atoms with Gasteiger partial charge in [-0.05, 0) is 42.2 Å². The number of nitrogens with zero attached hydrogens (tertiary/aromatic N) is 4. The van der Waals surface area contributed by atoms with E-state index < -0.39 is 0 Å². The zero-order chi connectivity index (χ0) is 23.9. The monoisotopic (exact) mass is 468 g/mol. The number of aromatic nitrogens is 2. The standard InChI is InChI=1S/C27H24N4O2S/c1-32-23-15-14-20(16-24(23)33-2)25-22(17-28)26(30-27(29-25)34-3)31(21-12-8-5-9-13-21)18-19-10-6-4-7-11-19/h4-16H,18H2,1-3H3. The van der Waals surface area contributed by atoms with Gasteiger partial charge in [0.05, 0.1) is 19.9 Å². The molecule has 6 nitrogen and oxygen atoms in total. The minimum atomic E-state index is 0.393. The van der Waals surface area contributed by atoms with Gasteiger partial charge in [-0.15, -0.1) is 0 Å². The number of thioether (sulfide) groups is 1. The number of hydrogen-bond donors (Lipinski definition) is 0. The second kappa shape index (κ2) is 10.7. The van der Waals surface area contributed by atoms with Crippen molar-refractivity contribution in [3.8, 4) is 28.8 Å². The summed E-state index contributed by atoms with van der Waals surface area (Å²) in [7, 11) is 3.18. The molecule has 0 atom stereocenters. The summed E-state index contributed by atoms with van der Waals surface area (Å²) in [6, 6.07) is 28.0. The third kappa shape index (κ3) is 4.82. The number of benzene rings is 3. The van der Waals surface area contributed by atoms with Crippen LogP contribution >= 0.6 is 11.8 Å². The van der Waals surface area contributed by atoms with Crippen LogP contribution in [0.15, 0.2) is 84.0 Å². The Labute approximate surface area is 203 Å². The van der Waals surface area contributed by atoms with Crippen LogP contribution in [0.1, 0.15) is 11.1 Å². The molecule has 0 spiro atoms. The lowest BCUT2D eigenvalue weighted by molar-refractivity contribution is 0.355. The van der Waals surface area contributed by atoms with Crippen LogP contribution in [0.4, 0.5) is 11.5 Å². The van der Waals surface area contributed by atoms with Crippen LogP contribution < -0.4 is 14.4 Å². The summed E-state index contributed by atoms with van der Waals surface area (Å²) in [5.74, 6) is 1.74. The Morgan fingerprint density at radius 1 is 0.882 bits per heavy atom. The Hall–Kier alpha value is -4.02. The molecule has 0 radical (unpaired) electrons. The van der Waals surface area contributed by atoms with Gasteiger partial charge in [0.2, 0.25) is 0 Å². The average molecular weight is 469 g/mol. The van der Waals surface area contributed by atoms with Gasteiger partial charge in [-0.2, -0.15) is 5.26 Å². The Kier molecular flexibility index (Phi) is 7.31. The maximum absolute atomic E-state index is 10.3. The van der Waals surface area contributed by atoms with Crippen molar-refractivity contribution < 1.29 is 9.47 Å². The first kappa shape index (κ1) is 23.1. The first-order valence-electron chi connectivity index (χ1n) is 10.6. The van der Waals surface area contributed by atoms with Crippen LogP contribution in [0.5, 0.6) is 11.5 Å². The number of hydrogen-bond acceptors (Lipinski definition) is 7. The molecule has 0 saturated carbocycles. The maximum atomic E-state index is 10.3. The van der Waals surface area contributed by atoms with Gasteiger partial charge in [0.25, 0.3) is 0 Å². The molecule has 1 aromatic heterocycles. The quantitative estimate of drug-likeness (QED) is 0.229. The number of methoxy groups -OCH3 is 2. The SMILES string of the molecule is COc1ccc(-c2nc(SC)nc(N(Cc3ccccc3)c3ccccc3)c2C#N)cc1OC. The summed E-state index contributed by atoms with van der Waals surface area (Å²) in [4.78, 5) is 11.6. The molecule has 3 aromatic carbocycles. The normalized spacial score (nSPS) is 10.4. The van der Waals surface area contributed by atoms with Crippen molar-refractivity contribution in [2.24, 2.45) is 0 Å². The van der Waals surface area contributed by atoms with E-state index in [0.29, 0.717) is 40.3 Å². The van der Waals surface area contributed by atoms with Crippen LogP contribution in [-0.2, 0) is 6.54 Å². The van der Waals surface area contributed by atoms with Gasteiger partial charge in [0, 0.05) is 17.8 Å². The van der Waals surface area contributed by atoms with Crippen LogP contribution in [0, 0.1) is 11.3 Å². The summed E-state index contributed by atoms with van der Waals surface area (Å²) in [5.41, 5.74) is 3.73. The van der Waals surface area contributed by atoms with Gasteiger partial charge < -0.3 is 14.4 Å². The van der Waals surface area contributed by atoms with Gasteiger partial charge in [0.15, 0.2) is 22.5 Å². The molecule has 0 saturated heterocycles. The summed E-state index contributed by atoms with van der Waals surface area (Å²) in [5, 5.41) is 10.9. The van der Waals surface area contributed by atoms with Gasteiger partial charge in [0.1, 0.15) is 11.6 Å². The fourth-order valence-electron chi connectivity index (χ4n) is 3.67. The highest BCUT2D eigenvalue weighted by atomic mass is 32.2. The van der Waals surface area contributed by atoms with E-state index in [4.69, 9.17) is 19.4 Å². The maximum Gasteiger partial charge on any atom is 0.189 e. The van der Waals surface area contributed by atoms with Crippen LogP contribution in [0.3, 0.4) is 0 Å². The summed E-state index contributed by atoms with van der Waals surface area (Å²) < 4.78 is 10.9. The highest BCUT2D eigenvalue weighted by molar-refractivity contribution is 7.98. The molecule has 0 amide bonds. The van der Waals surface area contributed by atoms with Crippen LogP contribution in [0.25, 0.3) is 11.3 Å². The van der Waals surface area contributed by atoms with E-state index in [-0.39, 0.29) is 0 Å². The van der Waals surface area contributed by atoms with Crippen LogP contribution in [0.2, 0.25) is 0 Å². The van der Waals surface area contributed by atoms with Crippen molar-refractivity contribution in [2.75, 3.05) is 25.4 Å². The van der Waals surface area contributed by atoms with E-state index in [0.717, 1.165) is 16.8 Å². The first-order chi connectivity index (χ1) is 16.7. The molecule has 4 rings (SSSR count). The Morgan fingerprint density at radius 3 is 2.18 bits per heavy atom. The number of anilines is 2. The molecule has 34 heavy (non-hydrogen) atoms. The topological polar surface area (TPSA) is 71.3 Å². The second-order valence-corrected chi connectivity index (χ2v) is 8.12. The van der Waals surface area contributed by atoms with Crippen LogP contribution in [-0.4, -0.2) is 30.4 Å². The van der Waals surface area contributed by atoms with E-state index in [9.17, 15) is 5.26 Å². The summed E-state index contributed by atoms with van der Waals surface area (Å²) in [6.45, 7) is 0.551. The smallest absolute Gasteiger partial charge is 0.189 e. The average Bonchev–Trinajstić information content (AvgIpc) is 2.91. The largest absolute Gasteiger partial charge is 0.493 e. The van der Waals surface area contributed by atoms with Crippen molar-refractivity contribution in [3.63, 3.8) is 0 Å². The molecular weight excluding hydrogens is 444 g/mol. The highest BCUT2D eigenvalue weighted by Gasteiger charge is 2.23. The molecular formula is C27H24N4O2S. The zero-order valence-corrected chi connectivity index (χ0v) is 20.0. The van der Waals surface area contributed by atoms with E-state index >= 15 is 0 Å². The Bertz CT molecular complexity index is 1310. The molecule has 0 aliphatic rings. The van der Waals surface area contributed by atoms with Crippen molar-refractivity contribution in [2.45, 2.75) is 11.7 Å². The first-order valence-corrected chi connectivity index (χ1v) is 11.9. The molecule has 0 bridgehead atoms. The molecule has 0 aliphatic heterocycles. The van der Waals surface area contributed by atoms with Gasteiger partial charge in [-0.3, -0.25) is 0 Å². The Morgan fingerprint density at radius 2 is 1.56 bits per heavy atom. The fourth-order valence-corrected chi connectivity index (χ4v) is 4.03. The number of para-hydroxylation sites is 1. The lowest BCUT2D eigenvalue weighted by atomic mass is 10.1. The van der Waals surface area contributed by atoms with E-state index in [1.807, 2.05) is 73.0 Å². The predicted octanol–water partition coefficient (Wildman–Crippen LogP) is 6.09. The molecule has 0 unspecified atom stereocenters. The van der Waals surface area contributed by atoms with E-state index in [2.05, 4.69) is 23.1 Å². The fraction of sp³-hybridized carbons (Fsp3) is 0.148. The minimum Gasteiger partial charge on any atom is -0.493 e. The van der Waals surface area contributed by atoms with Gasteiger partial charge >= 0.3 is 0 Å². The number of ether oxygens (including phenoxy) is 2.